The Bertz CT molecular complexity index is 743. The minimum Gasteiger partial charge on any atom is -0.491 e. The highest BCUT2D eigenvalue weighted by Crippen LogP contribution is 2.23. The van der Waals surface area contributed by atoms with Crippen molar-refractivity contribution in [2.24, 2.45) is 0 Å². The minimum atomic E-state index is -0.226. The molecule has 2 amide bonds. The lowest BCUT2D eigenvalue weighted by atomic mass is 10.1. The van der Waals surface area contributed by atoms with Crippen molar-refractivity contribution in [1.82, 2.24) is 5.32 Å². The maximum absolute atomic E-state index is 12.3. The second kappa shape index (κ2) is 6.52. The second-order valence-electron chi connectivity index (χ2n) is 5.36. The zero-order valence-corrected chi connectivity index (χ0v) is 12.9. The molecule has 0 atom stereocenters. The predicted octanol–water partition coefficient (Wildman–Crippen LogP) is 2.15. The summed E-state index contributed by atoms with van der Waals surface area (Å²) in [6.45, 7) is 2.72. The molecule has 0 saturated carbocycles. The number of nitrogens with one attached hydrogen (secondary N) is 1. The predicted molar refractivity (Wildman–Crippen MR) is 87.8 cm³/mol. The SMILES string of the molecule is Cc1ccccc1OCCN1C(=O)CNC(=O)c2ccccc21. The molecule has 1 N–H and O–H groups in total. The summed E-state index contributed by atoms with van der Waals surface area (Å²) in [6, 6.07) is 14.9. The van der Waals surface area contributed by atoms with E-state index in [0.717, 1.165) is 11.3 Å². The summed E-state index contributed by atoms with van der Waals surface area (Å²) in [5.74, 6) is 0.435. The van der Waals surface area contributed by atoms with Gasteiger partial charge in [0.2, 0.25) is 5.91 Å². The van der Waals surface area contributed by atoms with Crippen molar-refractivity contribution in [1.29, 1.82) is 0 Å². The van der Waals surface area contributed by atoms with E-state index >= 15 is 0 Å². The number of amides is 2. The first-order valence-electron chi connectivity index (χ1n) is 7.53. The number of carbonyl (C=O) groups excluding carboxylic acids is 2. The van der Waals surface area contributed by atoms with Crippen LogP contribution in [0.25, 0.3) is 0 Å². The highest BCUT2D eigenvalue weighted by Gasteiger charge is 2.25. The van der Waals surface area contributed by atoms with Crippen molar-refractivity contribution in [2.45, 2.75) is 6.92 Å². The van der Waals surface area contributed by atoms with Crippen molar-refractivity contribution in [3.63, 3.8) is 0 Å². The van der Waals surface area contributed by atoms with Gasteiger partial charge in [-0.3, -0.25) is 9.59 Å². The molecule has 0 saturated heterocycles. The molecule has 0 spiro atoms. The largest absolute Gasteiger partial charge is 0.491 e. The number of carbonyl (C=O) groups is 2. The quantitative estimate of drug-likeness (QED) is 0.941. The maximum Gasteiger partial charge on any atom is 0.253 e. The Labute approximate surface area is 134 Å². The number of anilines is 1. The molecular weight excluding hydrogens is 292 g/mol. The van der Waals surface area contributed by atoms with Crippen LogP contribution in [-0.2, 0) is 4.79 Å². The van der Waals surface area contributed by atoms with Gasteiger partial charge in [-0.25, -0.2) is 0 Å². The van der Waals surface area contributed by atoms with Crippen molar-refractivity contribution in [3.8, 4) is 5.75 Å². The van der Waals surface area contributed by atoms with E-state index in [1.165, 1.54) is 0 Å². The zero-order valence-electron chi connectivity index (χ0n) is 12.9. The molecule has 0 radical (unpaired) electrons. The normalized spacial score (nSPS) is 14.0. The fourth-order valence-corrected chi connectivity index (χ4v) is 2.59. The van der Waals surface area contributed by atoms with Gasteiger partial charge in [0.1, 0.15) is 12.4 Å². The molecule has 23 heavy (non-hydrogen) atoms. The molecule has 0 fully saturated rings. The van der Waals surface area contributed by atoms with Gasteiger partial charge in [-0.15, -0.1) is 0 Å². The molecule has 118 valence electrons. The van der Waals surface area contributed by atoms with Gasteiger partial charge in [-0.1, -0.05) is 30.3 Å². The van der Waals surface area contributed by atoms with Gasteiger partial charge in [0.05, 0.1) is 24.3 Å². The third-order valence-corrected chi connectivity index (χ3v) is 3.81. The third-order valence-electron chi connectivity index (χ3n) is 3.81. The molecular formula is C18H18N2O3. The Morgan fingerprint density at radius 2 is 1.83 bits per heavy atom. The molecule has 2 aromatic carbocycles. The van der Waals surface area contributed by atoms with Gasteiger partial charge in [0, 0.05) is 0 Å². The number of benzene rings is 2. The van der Waals surface area contributed by atoms with E-state index in [-0.39, 0.29) is 18.4 Å². The van der Waals surface area contributed by atoms with Gasteiger partial charge in [0.25, 0.3) is 5.91 Å². The fourth-order valence-electron chi connectivity index (χ4n) is 2.59. The molecule has 3 rings (SSSR count). The number of fused-ring (bicyclic) bond motifs is 1. The van der Waals surface area contributed by atoms with Crippen molar-refractivity contribution < 1.29 is 14.3 Å². The Morgan fingerprint density at radius 1 is 1.09 bits per heavy atom. The molecule has 0 bridgehead atoms. The van der Waals surface area contributed by atoms with E-state index in [0.29, 0.717) is 24.4 Å². The van der Waals surface area contributed by atoms with Gasteiger partial charge >= 0.3 is 0 Å². The number of ether oxygens (including phenoxy) is 1. The van der Waals surface area contributed by atoms with E-state index < -0.39 is 0 Å². The smallest absolute Gasteiger partial charge is 0.253 e. The Morgan fingerprint density at radius 3 is 2.65 bits per heavy atom. The molecule has 0 unspecified atom stereocenters. The van der Waals surface area contributed by atoms with Crippen LogP contribution in [0.3, 0.4) is 0 Å². The summed E-state index contributed by atoms with van der Waals surface area (Å²) in [5.41, 5.74) is 2.18. The summed E-state index contributed by atoms with van der Waals surface area (Å²) in [4.78, 5) is 25.9. The average Bonchev–Trinajstić information content (AvgIpc) is 2.68. The Balaban J connectivity index is 1.76. The molecule has 0 aliphatic carbocycles. The molecule has 5 nitrogen and oxygen atoms in total. The van der Waals surface area contributed by atoms with Crippen molar-refractivity contribution in [3.05, 3.63) is 59.7 Å². The summed E-state index contributed by atoms with van der Waals surface area (Å²) in [5, 5.41) is 2.63. The number of rotatable bonds is 4. The zero-order chi connectivity index (χ0) is 16.2. The van der Waals surface area contributed by atoms with Crippen LogP contribution >= 0.6 is 0 Å². The molecule has 2 aromatic rings. The van der Waals surface area contributed by atoms with E-state index in [2.05, 4.69) is 5.32 Å². The average molecular weight is 310 g/mol. The summed E-state index contributed by atoms with van der Waals surface area (Å²) >= 11 is 0. The number of nitrogens with zero attached hydrogens (tertiary/aromatic N) is 1. The van der Waals surface area contributed by atoms with Gasteiger partial charge in [-0.05, 0) is 30.7 Å². The first-order chi connectivity index (χ1) is 11.2. The van der Waals surface area contributed by atoms with Crippen LogP contribution in [0, 0.1) is 6.92 Å². The summed E-state index contributed by atoms with van der Waals surface area (Å²) < 4.78 is 5.77. The molecule has 1 aliphatic heterocycles. The highest BCUT2D eigenvalue weighted by atomic mass is 16.5. The summed E-state index contributed by atoms with van der Waals surface area (Å²) in [6.07, 6.45) is 0. The minimum absolute atomic E-state index is 0.00211. The summed E-state index contributed by atoms with van der Waals surface area (Å²) in [7, 11) is 0. The molecule has 1 heterocycles. The lowest BCUT2D eigenvalue weighted by Gasteiger charge is -2.22. The van der Waals surface area contributed by atoms with Crippen LogP contribution in [0.2, 0.25) is 0 Å². The Hall–Kier alpha value is -2.82. The van der Waals surface area contributed by atoms with E-state index in [1.807, 2.05) is 37.3 Å². The molecule has 5 heteroatoms. The highest BCUT2D eigenvalue weighted by molar-refractivity contribution is 6.09. The van der Waals surface area contributed by atoms with Gasteiger partial charge in [0.15, 0.2) is 0 Å². The van der Waals surface area contributed by atoms with Crippen molar-refractivity contribution in [2.75, 3.05) is 24.6 Å². The van der Waals surface area contributed by atoms with Gasteiger partial charge in [-0.2, -0.15) is 0 Å². The van der Waals surface area contributed by atoms with E-state index in [4.69, 9.17) is 4.74 Å². The van der Waals surface area contributed by atoms with Crippen LogP contribution < -0.4 is 15.0 Å². The second-order valence-corrected chi connectivity index (χ2v) is 5.36. The van der Waals surface area contributed by atoms with Crippen LogP contribution in [0.5, 0.6) is 5.75 Å². The topological polar surface area (TPSA) is 58.6 Å². The van der Waals surface area contributed by atoms with Crippen molar-refractivity contribution >= 4 is 17.5 Å². The Kier molecular flexibility index (Phi) is 4.28. The molecule has 1 aliphatic rings. The van der Waals surface area contributed by atoms with E-state index in [9.17, 15) is 9.59 Å². The lowest BCUT2D eigenvalue weighted by Crippen LogP contribution is -2.38. The third kappa shape index (κ3) is 3.18. The molecule has 0 aromatic heterocycles. The maximum atomic E-state index is 12.3. The first kappa shape index (κ1) is 15.1. The number of para-hydroxylation sites is 2. The van der Waals surface area contributed by atoms with Crippen LogP contribution in [0.15, 0.2) is 48.5 Å². The standard InChI is InChI=1S/C18H18N2O3/c1-13-6-2-5-9-16(13)23-11-10-20-15-8-4-3-7-14(15)18(22)19-12-17(20)21/h2-9H,10-12H2,1H3,(H,19,22). The van der Waals surface area contributed by atoms with Crippen LogP contribution in [0.1, 0.15) is 15.9 Å². The number of hydrogen-bond donors (Lipinski definition) is 1. The first-order valence-corrected chi connectivity index (χ1v) is 7.53. The fraction of sp³-hybridized carbons (Fsp3) is 0.222. The lowest BCUT2D eigenvalue weighted by molar-refractivity contribution is -0.117. The van der Waals surface area contributed by atoms with E-state index in [1.54, 1.807) is 23.1 Å². The van der Waals surface area contributed by atoms with Crippen LogP contribution in [-0.4, -0.2) is 31.5 Å². The number of hydrogen-bond acceptors (Lipinski definition) is 3. The monoisotopic (exact) mass is 310 g/mol. The van der Waals surface area contributed by atoms with Gasteiger partial charge < -0.3 is 15.0 Å². The number of aryl methyl sites for hydroxylation is 1. The van der Waals surface area contributed by atoms with Crippen LogP contribution in [0.4, 0.5) is 5.69 Å².